The van der Waals surface area contributed by atoms with E-state index < -0.39 is 0 Å². The van der Waals surface area contributed by atoms with Crippen LogP contribution in [0.5, 0.6) is 0 Å². The maximum absolute atomic E-state index is 12.4. The quantitative estimate of drug-likeness (QED) is 0.828. The highest BCUT2D eigenvalue weighted by molar-refractivity contribution is 7.19. The number of fused-ring (bicyclic) bond motifs is 1. The molecule has 1 aromatic carbocycles. The summed E-state index contributed by atoms with van der Waals surface area (Å²) in [7, 11) is 1.92. The van der Waals surface area contributed by atoms with Crippen LogP contribution < -0.4 is 0 Å². The molecule has 0 N–H and O–H groups in total. The number of hydrogen-bond acceptors (Lipinski definition) is 3. The molecule has 0 radical (unpaired) electrons. The van der Waals surface area contributed by atoms with Crippen molar-refractivity contribution in [1.82, 2.24) is 9.80 Å². The van der Waals surface area contributed by atoms with E-state index >= 15 is 0 Å². The highest BCUT2D eigenvalue weighted by atomic mass is 32.1. The molecular weight excluding hydrogens is 304 g/mol. The van der Waals surface area contributed by atoms with E-state index in [2.05, 4.69) is 42.2 Å². The van der Waals surface area contributed by atoms with Gasteiger partial charge < -0.3 is 9.80 Å². The molecule has 124 valence electrons. The van der Waals surface area contributed by atoms with E-state index in [-0.39, 0.29) is 5.91 Å². The summed E-state index contributed by atoms with van der Waals surface area (Å²) in [5.74, 6) is 1.02. The number of carbonyl (C=O) groups excluding carboxylic acids is 1. The molecule has 1 fully saturated rings. The van der Waals surface area contributed by atoms with E-state index in [1.165, 1.54) is 27.8 Å². The molecule has 1 aliphatic heterocycles. The molecule has 0 bridgehead atoms. The monoisotopic (exact) mass is 330 g/mol. The SMILES string of the molecule is C[C@@H]1CCCN(CCC(=O)N(C)Cc2cc3ccccc3s2)C1. The number of benzene rings is 1. The van der Waals surface area contributed by atoms with Gasteiger partial charge in [0, 0.05) is 36.1 Å². The second-order valence-electron chi connectivity index (χ2n) is 6.80. The van der Waals surface area contributed by atoms with Crippen LogP contribution in [0.3, 0.4) is 0 Å². The van der Waals surface area contributed by atoms with Crippen LogP contribution in [-0.2, 0) is 11.3 Å². The van der Waals surface area contributed by atoms with Gasteiger partial charge >= 0.3 is 0 Å². The van der Waals surface area contributed by atoms with E-state index in [9.17, 15) is 4.79 Å². The van der Waals surface area contributed by atoms with Gasteiger partial charge in [0.2, 0.25) is 5.91 Å². The lowest BCUT2D eigenvalue weighted by Gasteiger charge is -2.31. The molecule has 1 saturated heterocycles. The van der Waals surface area contributed by atoms with Crippen molar-refractivity contribution in [3.05, 3.63) is 35.2 Å². The van der Waals surface area contributed by atoms with E-state index in [0.717, 1.165) is 25.6 Å². The average Bonchev–Trinajstić information content (AvgIpc) is 2.94. The first-order valence-corrected chi connectivity index (χ1v) is 9.37. The number of carbonyl (C=O) groups is 1. The van der Waals surface area contributed by atoms with Gasteiger partial charge in [-0.2, -0.15) is 0 Å². The molecule has 3 nitrogen and oxygen atoms in total. The van der Waals surface area contributed by atoms with Crippen molar-refractivity contribution in [3.8, 4) is 0 Å². The Morgan fingerprint density at radius 2 is 2.22 bits per heavy atom. The minimum Gasteiger partial charge on any atom is -0.341 e. The van der Waals surface area contributed by atoms with Gasteiger partial charge in [-0.25, -0.2) is 0 Å². The zero-order valence-electron chi connectivity index (χ0n) is 14.1. The van der Waals surface area contributed by atoms with E-state index in [4.69, 9.17) is 0 Å². The van der Waals surface area contributed by atoms with Crippen LogP contribution >= 0.6 is 11.3 Å². The van der Waals surface area contributed by atoms with Crippen LogP contribution in [0.25, 0.3) is 10.1 Å². The zero-order valence-corrected chi connectivity index (χ0v) is 14.9. The fourth-order valence-corrected chi connectivity index (χ4v) is 4.49. The summed E-state index contributed by atoms with van der Waals surface area (Å²) in [6, 6.07) is 10.6. The minimum absolute atomic E-state index is 0.251. The molecule has 1 aromatic heterocycles. The maximum atomic E-state index is 12.4. The number of piperidine rings is 1. The Balaban J connectivity index is 1.51. The van der Waals surface area contributed by atoms with Crippen LogP contribution in [0, 0.1) is 5.92 Å². The van der Waals surface area contributed by atoms with Crippen LogP contribution in [0.2, 0.25) is 0 Å². The van der Waals surface area contributed by atoms with Crippen molar-refractivity contribution in [1.29, 1.82) is 0 Å². The summed E-state index contributed by atoms with van der Waals surface area (Å²) < 4.78 is 1.30. The summed E-state index contributed by atoms with van der Waals surface area (Å²) in [6.45, 7) is 6.22. The first-order valence-electron chi connectivity index (χ1n) is 8.55. The van der Waals surface area contributed by atoms with Gasteiger partial charge in [-0.1, -0.05) is 25.1 Å². The second-order valence-corrected chi connectivity index (χ2v) is 7.97. The fourth-order valence-electron chi connectivity index (χ4n) is 3.37. The third-order valence-electron chi connectivity index (χ3n) is 4.68. The van der Waals surface area contributed by atoms with Crippen molar-refractivity contribution in [2.45, 2.75) is 32.7 Å². The Morgan fingerprint density at radius 1 is 1.39 bits per heavy atom. The summed E-state index contributed by atoms with van der Waals surface area (Å²) >= 11 is 1.79. The average molecular weight is 330 g/mol. The molecule has 1 atom stereocenters. The molecule has 2 aromatic rings. The molecule has 0 spiro atoms. The smallest absolute Gasteiger partial charge is 0.223 e. The van der Waals surface area contributed by atoms with Gasteiger partial charge in [-0.15, -0.1) is 11.3 Å². The van der Waals surface area contributed by atoms with Crippen LogP contribution in [0.15, 0.2) is 30.3 Å². The molecular formula is C19H26N2OS. The molecule has 0 unspecified atom stereocenters. The lowest BCUT2D eigenvalue weighted by atomic mass is 10.0. The van der Waals surface area contributed by atoms with Crippen LogP contribution in [0.4, 0.5) is 0 Å². The highest BCUT2D eigenvalue weighted by Gasteiger charge is 2.18. The third kappa shape index (κ3) is 4.33. The number of thiophene rings is 1. The molecule has 1 aliphatic rings. The summed E-state index contributed by atoms with van der Waals surface area (Å²) in [5, 5.41) is 1.27. The lowest BCUT2D eigenvalue weighted by molar-refractivity contribution is -0.130. The highest BCUT2D eigenvalue weighted by Crippen LogP contribution is 2.26. The molecule has 1 amide bonds. The molecule has 2 heterocycles. The molecule has 0 aliphatic carbocycles. The Bertz CT molecular complexity index is 633. The van der Waals surface area contributed by atoms with Gasteiger partial charge in [0.1, 0.15) is 0 Å². The standard InChI is InChI=1S/C19H26N2OS/c1-15-6-5-10-21(13-15)11-9-19(22)20(2)14-17-12-16-7-3-4-8-18(16)23-17/h3-4,7-8,12,15H,5-6,9-11,13-14H2,1-2H3/t15-/m1/s1. The lowest BCUT2D eigenvalue weighted by Crippen LogP contribution is -2.37. The fraction of sp³-hybridized carbons (Fsp3) is 0.526. The zero-order chi connectivity index (χ0) is 16.2. The normalized spacial score (nSPS) is 19.1. The topological polar surface area (TPSA) is 23.6 Å². The van der Waals surface area contributed by atoms with Crippen molar-refractivity contribution >= 4 is 27.3 Å². The van der Waals surface area contributed by atoms with Gasteiger partial charge in [0.15, 0.2) is 0 Å². The van der Waals surface area contributed by atoms with Gasteiger partial charge in [0.05, 0.1) is 6.54 Å². The van der Waals surface area contributed by atoms with Crippen LogP contribution in [-0.4, -0.2) is 42.4 Å². The van der Waals surface area contributed by atoms with Crippen molar-refractivity contribution in [3.63, 3.8) is 0 Å². The van der Waals surface area contributed by atoms with Crippen LogP contribution in [0.1, 0.15) is 31.1 Å². The van der Waals surface area contributed by atoms with Crippen molar-refractivity contribution in [2.75, 3.05) is 26.7 Å². The minimum atomic E-state index is 0.251. The van der Waals surface area contributed by atoms with Gasteiger partial charge in [-0.05, 0) is 42.8 Å². The maximum Gasteiger partial charge on any atom is 0.223 e. The van der Waals surface area contributed by atoms with Gasteiger partial charge in [0.25, 0.3) is 0 Å². The first-order chi connectivity index (χ1) is 11.1. The van der Waals surface area contributed by atoms with E-state index in [1.807, 2.05) is 11.9 Å². The largest absolute Gasteiger partial charge is 0.341 e. The predicted molar refractivity (Wildman–Crippen MR) is 97.8 cm³/mol. The molecule has 0 saturated carbocycles. The number of nitrogens with zero attached hydrogens (tertiary/aromatic N) is 2. The van der Waals surface area contributed by atoms with E-state index in [1.54, 1.807) is 11.3 Å². The molecule has 4 heteroatoms. The van der Waals surface area contributed by atoms with E-state index in [0.29, 0.717) is 13.0 Å². The predicted octanol–water partition coefficient (Wildman–Crippen LogP) is 3.98. The number of amides is 1. The Kier molecular flexibility index (Phi) is 5.34. The summed E-state index contributed by atoms with van der Waals surface area (Å²) in [4.78, 5) is 18.0. The Labute approximate surface area is 142 Å². The number of hydrogen-bond donors (Lipinski definition) is 0. The Hall–Kier alpha value is -1.39. The second kappa shape index (κ2) is 7.45. The van der Waals surface area contributed by atoms with Crippen molar-refractivity contribution in [2.24, 2.45) is 5.92 Å². The molecule has 23 heavy (non-hydrogen) atoms. The summed E-state index contributed by atoms with van der Waals surface area (Å²) in [5.41, 5.74) is 0. The molecule has 3 rings (SSSR count). The van der Waals surface area contributed by atoms with Crippen molar-refractivity contribution < 1.29 is 4.79 Å². The first kappa shape index (κ1) is 16.5. The van der Waals surface area contributed by atoms with Gasteiger partial charge in [-0.3, -0.25) is 4.79 Å². The number of likely N-dealkylation sites (tertiary alicyclic amines) is 1. The third-order valence-corrected chi connectivity index (χ3v) is 5.78. The Morgan fingerprint density at radius 3 is 3.00 bits per heavy atom. The summed E-state index contributed by atoms with van der Waals surface area (Å²) in [6.07, 6.45) is 3.23. The number of rotatable bonds is 5.